The zero-order valence-corrected chi connectivity index (χ0v) is 10.3. The molecule has 16 heavy (non-hydrogen) atoms. The second-order valence-corrected chi connectivity index (χ2v) is 5.54. The molecular formula is C12H23N3O. The molecule has 3 unspecified atom stereocenters. The average molecular weight is 225 g/mol. The first-order valence-corrected chi connectivity index (χ1v) is 6.35. The Morgan fingerprint density at radius 2 is 2.19 bits per heavy atom. The molecule has 0 aromatic carbocycles. The molecule has 3 atom stereocenters. The summed E-state index contributed by atoms with van der Waals surface area (Å²) in [5.41, 5.74) is 5.44. The Morgan fingerprint density at radius 3 is 2.62 bits per heavy atom. The van der Waals surface area contributed by atoms with Gasteiger partial charge in [-0.15, -0.1) is 0 Å². The number of nitrogens with zero attached hydrogens (tertiary/aromatic N) is 1. The number of rotatable bonds is 5. The van der Waals surface area contributed by atoms with Crippen LogP contribution in [0.1, 0.15) is 33.1 Å². The molecule has 1 aliphatic carbocycles. The molecule has 2 aliphatic rings. The topological polar surface area (TPSA) is 58.4 Å². The molecular weight excluding hydrogens is 202 g/mol. The molecule has 0 aromatic heterocycles. The van der Waals surface area contributed by atoms with E-state index in [2.05, 4.69) is 24.1 Å². The SMILES string of the molecule is CC1CC(C)N(CC(NC2CC2)C(N)=O)C1. The van der Waals surface area contributed by atoms with Crippen molar-refractivity contribution < 1.29 is 4.79 Å². The third kappa shape index (κ3) is 2.95. The minimum atomic E-state index is -0.210. The van der Waals surface area contributed by atoms with Crippen LogP contribution in [0.4, 0.5) is 0 Å². The van der Waals surface area contributed by atoms with Gasteiger partial charge in [0.25, 0.3) is 0 Å². The van der Waals surface area contributed by atoms with E-state index in [4.69, 9.17) is 5.73 Å². The lowest BCUT2D eigenvalue weighted by Crippen LogP contribution is -2.50. The molecule has 1 aliphatic heterocycles. The number of likely N-dealkylation sites (tertiary alicyclic amines) is 1. The second-order valence-electron chi connectivity index (χ2n) is 5.54. The van der Waals surface area contributed by atoms with Crippen LogP contribution in [-0.2, 0) is 4.79 Å². The van der Waals surface area contributed by atoms with E-state index in [1.54, 1.807) is 0 Å². The molecule has 0 spiro atoms. The van der Waals surface area contributed by atoms with Crippen molar-refractivity contribution in [1.82, 2.24) is 10.2 Å². The summed E-state index contributed by atoms with van der Waals surface area (Å²) in [7, 11) is 0. The second kappa shape index (κ2) is 4.72. The lowest BCUT2D eigenvalue weighted by atomic mass is 10.1. The van der Waals surface area contributed by atoms with E-state index < -0.39 is 0 Å². The zero-order chi connectivity index (χ0) is 11.7. The van der Waals surface area contributed by atoms with E-state index in [0.29, 0.717) is 12.1 Å². The summed E-state index contributed by atoms with van der Waals surface area (Å²) in [6.45, 7) is 6.37. The average Bonchev–Trinajstić information content (AvgIpc) is 2.93. The molecule has 92 valence electrons. The quantitative estimate of drug-likeness (QED) is 0.708. The van der Waals surface area contributed by atoms with Crippen molar-refractivity contribution in [2.24, 2.45) is 11.7 Å². The van der Waals surface area contributed by atoms with E-state index in [1.165, 1.54) is 19.3 Å². The van der Waals surface area contributed by atoms with Gasteiger partial charge < -0.3 is 11.1 Å². The van der Waals surface area contributed by atoms with Gasteiger partial charge in [0.15, 0.2) is 0 Å². The number of hydrogen-bond donors (Lipinski definition) is 2. The minimum absolute atomic E-state index is 0.166. The number of nitrogens with two attached hydrogens (primary N) is 1. The van der Waals surface area contributed by atoms with Gasteiger partial charge in [-0.3, -0.25) is 9.69 Å². The van der Waals surface area contributed by atoms with Gasteiger partial charge in [-0.25, -0.2) is 0 Å². The van der Waals surface area contributed by atoms with Crippen LogP contribution in [-0.4, -0.2) is 42.0 Å². The number of carbonyl (C=O) groups excluding carboxylic acids is 1. The molecule has 4 heteroatoms. The normalized spacial score (nSPS) is 32.9. The Morgan fingerprint density at radius 1 is 1.50 bits per heavy atom. The number of hydrogen-bond acceptors (Lipinski definition) is 3. The van der Waals surface area contributed by atoms with Crippen LogP contribution in [0.5, 0.6) is 0 Å². The van der Waals surface area contributed by atoms with Crippen molar-refractivity contribution in [2.45, 2.75) is 51.2 Å². The van der Waals surface area contributed by atoms with Crippen molar-refractivity contribution >= 4 is 5.91 Å². The number of primary amides is 1. The minimum Gasteiger partial charge on any atom is -0.368 e. The molecule has 2 rings (SSSR count). The van der Waals surface area contributed by atoms with Crippen LogP contribution in [0.3, 0.4) is 0 Å². The van der Waals surface area contributed by atoms with Crippen LogP contribution < -0.4 is 11.1 Å². The van der Waals surface area contributed by atoms with E-state index in [0.717, 1.165) is 19.0 Å². The van der Waals surface area contributed by atoms with Crippen molar-refractivity contribution in [2.75, 3.05) is 13.1 Å². The van der Waals surface area contributed by atoms with Gasteiger partial charge in [0.2, 0.25) is 5.91 Å². The predicted octanol–water partition coefficient (Wildman–Crippen LogP) is 0.323. The third-order valence-corrected chi connectivity index (χ3v) is 3.69. The van der Waals surface area contributed by atoms with E-state index in [9.17, 15) is 4.79 Å². The van der Waals surface area contributed by atoms with Crippen molar-refractivity contribution in [3.63, 3.8) is 0 Å². The maximum atomic E-state index is 11.4. The highest BCUT2D eigenvalue weighted by molar-refractivity contribution is 5.80. The fraction of sp³-hybridized carbons (Fsp3) is 0.917. The zero-order valence-electron chi connectivity index (χ0n) is 10.3. The Kier molecular flexibility index (Phi) is 3.50. The Balaban J connectivity index is 1.86. The monoisotopic (exact) mass is 225 g/mol. The van der Waals surface area contributed by atoms with E-state index in [-0.39, 0.29) is 11.9 Å². The lowest BCUT2D eigenvalue weighted by Gasteiger charge is -2.26. The maximum Gasteiger partial charge on any atom is 0.235 e. The smallest absolute Gasteiger partial charge is 0.235 e. The van der Waals surface area contributed by atoms with Gasteiger partial charge in [0.1, 0.15) is 0 Å². The molecule has 4 nitrogen and oxygen atoms in total. The van der Waals surface area contributed by atoms with Crippen LogP contribution in [0, 0.1) is 5.92 Å². The molecule has 0 aromatic rings. The predicted molar refractivity (Wildman–Crippen MR) is 64.0 cm³/mol. The molecule has 1 heterocycles. The molecule has 1 saturated carbocycles. The fourth-order valence-electron chi connectivity index (χ4n) is 2.63. The van der Waals surface area contributed by atoms with Crippen LogP contribution in [0.15, 0.2) is 0 Å². The van der Waals surface area contributed by atoms with Gasteiger partial charge in [-0.1, -0.05) is 6.92 Å². The Bertz CT molecular complexity index is 265. The summed E-state index contributed by atoms with van der Waals surface area (Å²) in [6, 6.07) is 0.950. The molecule has 1 amide bonds. The highest BCUT2D eigenvalue weighted by atomic mass is 16.1. The number of amides is 1. The molecule has 1 saturated heterocycles. The van der Waals surface area contributed by atoms with Crippen LogP contribution >= 0.6 is 0 Å². The summed E-state index contributed by atoms with van der Waals surface area (Å²) >= 11 is 0. The molecule has 2 fully saturated rings. The summed E-state index contributed by atoms with van der Waals surface area (Å²) in [5.74, 6) is 0.531. The Hall–Kier alpha value is -0.610. The standard InChI is InChI=1S/C12H23N3O/c1-8-5-9(2)15(6-8)7-11(12(13)16)14-10-3-4-10/h8-11,14H,3-7H2,1-2H3,(H2,13,16). The van der Waals surface area contributed by atoms with Crippen LogP contribution in [0.25, 0.3) is 0 Å². The van der Waals surface area contributed by atoms with Gasteiger partial charge in [-0.2, -0.15) is 0 Å². The van der Waals surface area contributed by atoms with Gasteiger partial charge >= 0.3 is 0 Å². The van der Waals surface area contributed by atoms with Gasteiger partial charge in [-0.05, 0) is 32.1 Å². The van der Waals surface area contributed by atoms with Crippen molar-refractivity contribution in [3.8, 4) is 0 Å². The third-order valence-electron chi connectivity index (χ3n) is 3.69. The van der Waals surface area contributed by atoms with E-state index in [1.807, 2.05) is 0 Å². The highest BCUT2D eigenvalue weighted by Gasteiger charge is 2.32. The summed E-state index contributed by atoms with van der Waals surface area (Å²) < 4.78 is 0. The number of carbonyl (C=O) groups is 1. The summed E-state index contributed by atoms with van der Waals surface area (Å²) in [5, 5.41) is 3.34. The molecule has 3 N–H and O–H groups in total. The van der Waals surface area contributed by atoms with E-state index >= 15 is 0 Å². The maximum absolute atomic E-state index is 11.4. The fourth-order valence-corrected chi connectivity index (χ4v) is 2.63. The summed E-state index contributed by atoms with van der Waals surface area (Å²) in [6.07, 6.45) is 3.61. The first kappa shape index (κ1) is 11.9. The van der Waals surface area contributed by atoms with Crippen LogP contribution in [0.2, 0.25) is 0 Å². The summed E-state index contributed by atoms with van der Waals surface area (Å²) in [4.78, 5) is 13.8. The molecule has 0 bridgehead atoms. The van der Waals surface area contributed by atoms with Gasteiger partial charge in [0.05, 0.1) is 6.04 Å². The Labute approximate surface area is 97.6 Å². The number of nitrogens with one attached hydrogen (secondary N) is 1. The lowest BCUT2D eigenvalue weighted by molar-refractivity contribution is -0.120. The van der Waals surface area contributed by atoms with Gasteiger partial charge in [0, 0.05) is 25.2 Å². The van der Waals surface area contributed by atoms with Crippen molar-refractivity contribution in [3.05, 3.63) is 0 Å². The first-order chi connectivity index (χ1) is 7.56. The largest absolute Gasteiger partial charge is 0.368 e. The highest BCUT2D eigenvalue weighted by Crippen LogP contribution is 2.23. The first-order valence-electron chi connectivity index (χ1n) is 6.35. The van der Waals surface area contributed by atoms with Crippen molar-refractivity contribution in [1.29, 1.82) is 0 Å². The molecule has 0 radical (unpaired) electrons.